The summed E-state index contributed by atoms with van der Waals surface area (Å²) in [5.74, 6) is -0.597. The molecule has 11 heteroatoms. The number of aliphatic hydroxyl groups excluding tert-OH is 2. The molecule has 2 aromatic heterocycles. The first-order chi connectivity index (χ1) is 18.5. The third kappa shape index (κ3) is 4.96. The fraction of sp³-hybridized carbons (Fsp3) is 0.333. The molecule has 0 spiro atoms. The van der Waals surface area contributed by atoms with Crippen molar-refractivity contribution >= 4 is 23.0 Å². The molecular formula is C27H29N5O6. The van der Waals surface area contributed by atoms with Gasteiger partial charge in [-0.15, -0.1) is 0 Å². The fourth-order valence-electron chi connectivity index (χ4n) is 4.67. The Bertz CT molecular complexity index is 1340. The van der Waals surface area contributed by atoms with Crippen molar-refractivity contribution in [2.45, 2.75) is 30.5 Å². The van der Waals surface area contributed by atoms with Crippen LogP contribution < -0.4 is 5.32 Å². The highest BCUT2D eigenvalue weighted by molar-refractivity contribution is 5.91. The van der Waals surface area contributed by atoms with Crippen LogP contribution in [-0.2, 0) is 14.2 Å². The third-order valence-corrected chi connectivity index (χ3v) is 6.61. The first kappa shape index (κ1) is 25.7. The Kier molecular flexibility index (Phi) is 7.61. The van der Waals surface area contributed by atoms with Crippen molar-refractivity contribution in [1.82, 2.24) is 19.5 Å². The molecule has 1 saturated heterocycles. The summed E-state index contributed by atoms with van der Waals surface area (Å²) >= 11 is 0. The molecule has 0 amide bonds. The van der Waals surface area contributed by atoms with E-state index in [1.165, 1.54) is 25.1 Å². The average molecular weight is 520 g/mol. The monoisotopic (exact) mass is 519 g/mol. The molecule has 0 aliphatic carbocycles. The van der Waals surface area contributed by atoms with E-state index in [1.54, 1.807) is 0 Å². The number of aromatic nitrogens is 4. The number of hydrogen-bond acceptors (Lipinski definition) is 10. The van der Waals surface area contributed by atoms with Crippen LogP contribution in [0.4, 0.5) is 5.82 Å². The quantitative estimate of drug-likeness (QED) is 0.282. The zero-order valence-electron chi connectivity index (χ0n) is 21.0. The minimum Gasteiger partial charge on any atom is -0.463 e. The zero-order valence-corrected chi connectivity index (χ0v) is 21.0. The van der Waals surface area contributed by atoms with Crippen molar-refractivity contribution in [1.29, 1.82) is 0 Å². The van der Waals surface area contributed by atoms with E-state index in [0.29, 0.717) is 17.9 Å². The highest BCUT2D eigenvalue weighted by Crippen LogP contribution is 2.33. The Hall–Kier alpha value is -3.90. The SMILES string of the molecule is COC[C@H]1O[C@@H](n2cnc3c(NCC(c4ccccc4)c4ccccc4)nc(C(=O)OC)nc32)[C@@H](O)[C@@H]1O. The number of imidazole rings is 1. The summed E-state index contributed by atoms with van der Waals surface area (Å²) in [6.07, 6.45) is -2.73. The molecule has 0 unspecified atom stereocenters. The third-order valence-electron chi connectivity index (χ3n) is 6.61. The molecular weight excluding hydrogens is 490 g/mol. The molecule has 1 aliphatic rings. The summed E-state index contributed by atoms with van der Waals surface area (Å²) in [5, 5.41) is 24.4. The van der Waals surface area contributed by atoms with Gasteiger partial charge in [0.25, 0.3) is 0 Å². The molecule has 1 fully saturated rings. The topological polar surface area (TPSA) is 141 Å². The number of fused-ring (bicyclic) bond motifs is 1. The number of carbonyl (C=O) groups is 1. The number of hydrogen-bond donors (Lipinski definition) is 3. The van der Waals surface area contributed by atoms with Crippen LogP contribution in [-0.4, -0.2) is 81.4 Å². The van der Waals surface area contributed by atoms with Gasteiger partial charge < -0.3 is 29.7 Å². The molecule has 0 bridgehead atoms. The molecule has 1 aliphatic heterocycles. The zero-order chi connectivity index (χ0) is 26.6. The second-order valence-electron chi connectivity index (χ2n) is 8.97. The van der Waals surface area contributed by atoms with Crippen molar-refractivity contribution in [3.63, 3.8) is 0 Å². The number of methoxy groups -OCH3 is 2. The number of nitrogens with one attached hydrogen (secondary N) is 1. The van der Waals surface area contributed by atoms with Gasteiger partial charge in [0, 0.05) is 19.6 Å². The van der Waals surface area contributed by atoms with Gasteiger partial charge in [0.1, 0.15) is 18.3 Å². The molecule has 3 N–H and O–H groups in total. The summed E-state index contributed by atoms with van der Waals surface area (Å²) in [6.45, 7) is 0.543. The van der Waals surface area contributed by atoms with Crippen molar-refractivity contribution in [3.05, 3.63) is 83.9 Å². The van der Waals surface area contributed by atoms with E-state index in [9.17, 15) is 15.0 Å². The number of carbonyl (C=O) groups excluding carboxylic acids is 1. The number of aliphatic hydroxyl groups is 2. The molecule has 2 aromatic carbocycles. The number of nitrogens with zero attached hydrogens (tertiary/aromatic N) is 4. The first-order valence-electron chi connectivity index (χ1n) is 12.2. The van der Waals surface area contributed by atoms with Crippen LogP contribution in [0.2, 0.25) is 0 Å². The minimum absolute atomic E-state index is 0.0176. The number of benzene rings is 2. The number of rotatable bonds is 9. The van der Waals surface area contributed by atoms with Gasteiger partial charge >= 0.3 is 5.97 Å². The summed E-state index contributed by atoms with van der Waals surface area (Å²) in [4.78, 5) is 25.7. The Morgan fingerprint density at radius 2 is 1.68 bits per heavy atom. The second-order valence-corrected chi connectivity index (χ2v) is 8.97. The normalized spacial score (nSPS) is 21.2. The lowest BCUT2D eigenvalue weighted by atomic mass is 9.91. The lowest BCUT2D eigenvalue weighted by Gasteiger charge is -2.20. The standard InChI is InChI=1S/C27H29N5O6/c1-36-14-19-21(33)22(34)26(38-19)32-15-29-20-23(30-24(27(35)37-2)31-25(20)32)28-13-18(16-9-5-3-6-10-16)17-11-7-4-8-12-17/h3-12,15,18-19,21-22,26,33-34H,13-14H2,1-2H3,(H,28,30,31)/t19-,21-,22+,26-/m1/s1. The van der Waals surface area contributed by atoms with E-state index >= 15 is 0 Å². The van der Waals surface area contributed by atoms with Crippen LogP contribution in [0.25, 0.3) is 11.2 Å². The van der Waals surface area contributed by atoms with Crippen molar-refractivity contribution in [2.24, 2.45) is 0 Å². The fourth-order valence-corrected chi connectivity index (χ4v) is 4.67. The number of ether oxygens (including phenoxy) is 3. The number of esters is 1. The predicted molar refractivity (Wildman–Crippen MR) is 138 cm³/mol. The molecule has 11 nitrogen and oxygen atoms in total. The molecule has 3 heterocycles. The van der Waals surface area contributed by atoms with Crippen molar-refractivity contribution in [2.75, 3.05) is 32.7 Å². The lowest BCUT2D eigenvalue weighted by Crippen LogP contribution is -2.33. The van der Waals surface area contributed by atoms with Crippen molar-refractivity contribution in [3.8, 4) is 0 Å². The van der Waals surface area contributed by atoms with Crippen molar-refractivity contribution < 1.29 is 29.2 Å². The van der Waals surface area contributed by atoms with E-state index in [2.05, 4.69) is 44.5 Å². The highest BCUT2D eigenvalue weighted by atomic mass is 16.6. The maximum atomic E-state index is 12.5. The Labute approximate surface area is 219 Å². The molecule has 0 saturated carbocycles. The van der Waals surface area contributed by atoms with E-state index < -0.39 is 30.5 Å². The average Bonchev–Trinajstić information content (AvgIpc) is 3.50. The predicted octanol–water partition coefficient (Wildman–Crippen LogP) is 2.12. The van der Waals surface area contributed by atoms with E-state index in [0.717, 1.165) is 11.1 Å². The smallest absolute Gasteiger partial charge is 0.376 e. The van der Waals surface area contributed by atoms with Gasteiger partial charge in [-0.3, -0.25) is 4.57 Å². The minimum atomic E-state index is -1.26. The molecule has 38 heavy (non-hydrogen) atoms. The second kappa shape index (κ2) is 11.2. The van der Waals surface area contributed by atoms with E-state index in [4.69, 9.17) is 14.2 Å². The maximum Gasteiger partial charge on any atom is 0.376 e. The Morgan fingerprint density at radius 3 is 2.29 bits per heavy atom. The van der Waals surface area contributed by atoms with Gasteiger partial charge in [0.05, 0.1) is 20.0 Å². The van der Waals surface area contributed by atoms with Gasteiger partial charge in [0.2, 0.25) is 5.82 Å². The van der Waals surface area contributed by atoms with Crippen LogP contribution in [0, 0.1) is 0 Å². The first-order valence-corrected chi connectivity index (χ1v) is 12.2. The van der Waals surface area contributed by atoms with Crippen LogP contribution in [0.3, 0.4) is 0 Å². The summed E-state index contributed by atoms with van der Waals surface area (Å²) in [6, 6.07) is 20.1. The summed E-state index contributed by atoms with van der Waals surface area (Å²) in [7, 11) is 2.73. The molecule has 4 atom stereocenters. The molecule has 4 aromatic rings. The van der Waals surface area contributed by atoms with Gasteiger partial charge in [-0.05, 0) is 11.1 Å². The van der Waals surface area contributed by atoms with Gasteiger partial charge in [-0.2, -0.15) is 0 Å². The summed E-state index contributed by atoms with van der Waals surface area (Å²) < 4.78 is 17.3. The van der Waals surface area contributed by atoms with Gasteiger partial charge in [0.15, 0.2) is 23.2 Å². The lowest BCUT2D eigenvalue weighted by molar-refractivity contribution is -0.0580. The number of anilines is 1. The Balaban J connectivity index is 1.52. The van der Waals surface area contributed by atoms with Gasteiger partial charge in [-0.25, -0.2) is 19.7 Å². The van der Waals surface area contributed by atoms with E-state index in [-0.39, 0.29) is 24.0 Å². The van der Waals surface area contributed by atoms with E-state index in [1.807, 2.05) is 36.4 Å². The molecule has 5 rings (SSSR count). The van der Waals surface area contributed by atoms with Crippen LogP contribution in [0.15, 0.2) is 67.0 Å². The van der Waals surface area contributed by atoms with Crippen LogP contribution >= 0.6 is 0 Å². The maximum absolute atomic E-state index is 12.5. The Morgan fingerprint density at radius 1 is 1.03 bits per heavy atom. The van der Waals surface area contributed by atoms with Crippen LogP contribution in [0.1, 0.15) is 33.9 Å². The summed E-state index contributed by atoms with van der Waals surface area (Å²) in [5.41, 5.74) is 2.83. The molecule has 198 valence electrons. The van der Waals surface area contributed by atoms with Gasteiger partial charge in [-0.1, -0.05) is 60.7 Å². The van der Waals surface area contributed by atoms with Crippen LogP contribution in [0.5, 0.6) is 0 Å². The highest BCUT2D eigenvalue weighted by Gasteiger charge is 2.44. The largest absolute Gasteiger partial charge is 0.463 e. The molecule has 0 radical (unpaired) electrons.